The summed E-state index contributed by atoms with van der Waals surface area (Å²) >= 11 is 3.40. The first kappa shape index (κ1) is 24.1. The highest BCUT2D eigenvalue weighted by Gasteiger charge is 2.60. The molecule has 2 heterocycles. The largest absolute Gasteiger partial charge is 0.503 e. The molecule has 1 N–H and O–H groups in total. The van der Waals surface area contributed by atoms with Gasteiger partial charge in [-0.05, 0) is 71.7 Å². The third kappa shape index (κ3) is 4.08. The van der Waals surface area contributed by atoms with Gasteiger partial charge in [0.15, 0.2) is 17.6 Å². The standard InChI is InChI=1S/C27H25BrN2O6/c1-3-34-19-12-8-11-18(15-19)29-26(32)22-23(16-13-20(28)24(31)21(14-16)35-4-2)30(36-25(22)27(29)33)17-9-6-5-7-10-17/h5-15,22-23,25,31H,3-4H2,1-2H3/t22-,23+,25+/m0/s1. The minimum absolute atomic E-state index is 0.0366. The molecule has 0 bridgehead atoms. The van der Waals surface area contributed by atoms with Crippen molar-refractivity contribution in [3.05, 3.63) is 76.8 Å². The molecule has 186 valence electrons. The Bertz CT molecular complexity index is 1300. The summed E-state index contributed by atoms with van der Waals surface area (Å²) in [4.78, 5) is 34.8. The second kappa shape index (κ2) is 9.83. The first-order chi connectivity index (χ1) is 17.4. The maximum Gasteiger partial charge on any atom is 0.266 e. The minimum atomic E-state index is -1.01. The van der Waals surface area contributed by atoms with Gasteiger partial charge < -0.3 is 14.6 Å². The monoisotopic (exact) mass is 552 g/mol. The molecule has 3 aromatic carbocycles. The van der Waals surface area contributed by atoms with Crippen LogP contribution in [0.5, 0.6) is 17.2 Å². The van der Waals surface area contributed by atoms with E-state index in [2.05, 4.69) is 15.9 Å². The van der Waals surface area contributed by atoms with Crippen LogP contribution in [0.2, 0.25) is 0 Å². The van der Waals surface area contributed by atoms with Crippen molar-refractivity contribution >= 4 is 39.1 Å². The third-order valence-electron chi connectivity index (χ3n) is 6.21. The number of amides is 2. The topological polar surface area (TPSA) is 88.5 Å². The molecule has 2 aliphatic heterocycles. The summed E-state index contributed by atoms with van der Waals surface area (Å²) in [5.41, 5.74) is 1.79. The van der Waals surface area contributed by atoms with Gasteiger partial charge in [-0.1, -0.05) is 24.3 Å². The molecular formula is C27H25BrN2O6. The lowest BCUT2D eigenvalue weighted by atomic mass is 9.90. The number of nitrogens with zero attached hydrogens (tertiary/aromatic N) is 2. The van der Waals surface area contributed by atoms with Crippen LogP contribution in [0.4, 0.5) is 11.4 Å². The van der Waals surface area contributed by atoms with Crippen molar-refractivity contribution in [3.63, 3.8) is 0 Å². The Morgan fingerprint density at radius 1 is 0.917 bits per heavy atom. The zero-order valence-corrected chi connectivity index (χ0v) is 21.3. The Labute approximate surface area is 217 Å². The molecule has 0 spiro atoms. The number of para-hydroxylation sites is 1. The van der Waals surface area contributed by atoms with Crippen molar-refractivity contribution in [3.8, 4) is 17.2 Å². The fourth-order valence-corrected chi connectivity index (χ4v) is 5.18. The quantitative estimate of drug-likeness (QED) is 0.412. The smallest absolute Gasteiger partial charge is 0.266 e. The Hall–Kier alpha value is -3.56. The summed E-state index contributed by atoms with van der Waals surface area (Å²) in [7, 11) is 0. The van der Waals surface area contributed by atoms with E-state index >= 15 is 0 Å². The number of ether oxygens (including phenoxy) is 2. The molecule has 2 saturated heterocycles. The molecule has 3 aromatic rings. The molecule has 5 rings (SSSR count). The molecule has 9 heteroatoms. The molecular weight excluding hydrogens is 528 g/mol. The summed E-state index contributed by atoms with van der Waals surface area (Å²) in [6.07, 6.45) is -1.01. The molecule has 8 nitrogen and oxygen atoms in total. The summed E-state index contributed by atoms with van der Waals surface area (Å²) in [5.74, 6) is -0.824. The number of imide groups is 1. The van der Waals surface area contributed by atoms with Crippen LogP contribution in [0, 0.1) is 5.92 Å². The molecule has 2 aliphatic rings. The van der Waals surface area contributed by atoms with E-state index in [0.29, 0.717) is 40.4 Å². The third-order valence-corrected chi connectivity index (χ3v) is 6.81. The van der Waals surface area contributed by atoms with E-state index in [1.54, 1.807) is 41.5 Å². The van der Waals surface area contributed by atoms with Crippen molar-refractivity contribution in [2.75, 3.05) is 23.2 Å². The van der Waals surface area contributed by atoms with Gasteiger partial charge in [-0.2, -0.15) is 0 Å². The number of aromatic hydroxyl groups is 1. The number of carbonyl (C=O) groups is 2. The zero-order valence-electron chi connectivity index (χ0n) is 19.8. The molecule has 2 fully saturated rings. The summed E-state index contributed by atoms with van der Waals surface area (Å²) in [6.45, 7) is 4.50. The van der Waals surface area contributed by atoms with Crippen molar-refractivity contribution < 1.29 is 29.0 Å². The lowest BCUT2D eigenvalue weighted by Gasteiger charge is -2.29. The number of hydrogen-bond acceptors (Lipinski definition) is 7. The van der Waals surface area contributed by atoms with Crippen LogP contribution in [0.15, 0.2) is 71.2 Å². The second-order valence-electron chi connectivity index (χ2n) is 8.38. The highest BCUT2D eigenvalue weighted by Crippen LogP contribution is 2.50. The zero-order chi connectivity index (χ0) is 25.4. The number of phenolic OH excluding ortho intramolecular Hbond substituents is 1. The number of anilines is 2. The highest BCUT2D eigenvalue weighted by molar-refractivity contribution is 9.10. The van der Waals surface area contributed by atoms with E-state index in [4.69, 9.17) is 14.3 Å². The van der Waals surface area contributed by atoms with Crippen LogP contribution in [-0.4, -0.2) is 36.2 Å². The molecule has 2 amide bonds. The fraction of sp³-hybridized carbons (Fsp3) is 0.259. The van der Waals surface area contributed by atoms with Crippen LogP contribution < -0.4 is 19.4 Å². The molecule has 3 atom stereocenters. The minimum Gasteiger partial charge on any atom is -0.503 e. The van der Waals surface area contributed by atoms with E-state index in [9.17, 15) is 14.7 Å². The Morgan fingerprint density at radius 2 is 1.64 bits per heavy atom. The van der Waals surface area contributed by atoms with Crippen molar-refractivity contribution in [2.24, 2.45) is 5.92 Å². The summed E-state index contributed by atoms with van der Waals surface area (Å²) in [5, 5.41) is 12.1. The number of carbonyl (C=O) groups excluding carboxylic acids is 2. The highest BCUT2D eigenvalue weighted by atomic mass is 79.9. The maximum atomic E-state index is 13.9. The summed E-state index contributed by atoms with van der Waals surface area (Å²) in [6, 6.07) is 19.0. The van der Waals surface area contributed by atoms with Crippen molar-refractivity contribution in [2.45, 2.75) is 26.0 Å². The second-order valence-corrected chi connectivity index (χ2v) is 9.24. The van der Waals surface area contributed by atoms with Crippen LogP contribution in [0.3, 0.4) is 0 Å². The van der Waals surface area contributed by atoms with Gasteiger partial charge in [-0.15, -0.1) is 0 Å². The van der Waals surface area contributed by atoms with Gasteiger partial charge >= 0.3 is 0 Å². The molecule has 0 aromatic heterocycles. The van der Waals surface area contributed by atoms with Crippen LogP contribution in [-0.2, 0) is 14.4 Å². The van der Waals surface area contributed by atoms with Gasteiger partial charge in [-0.25, -0.2) is 9.96 Å². The number of hydroxylamine groups is 1. The van der Waals surface area contributed by atoms with E-state index < -0.39 is 24.0 Å². The lowest BCUT2D eigenvalue weighted by Crippen LogP contribution is -2.37. The predicted octanol–water partition coefficient (Wildman–Crippen LogP) is 5.00. The van der Waals surface area contributed by atoms with E-state index in [1.807, 2.05) is 44.2 Å². The predicted molar refractivity (Wildman–Crippen MR) is 137 cm³/mol. The van der Waals surface area contributed by atoms with Crippen LogP contribution in [0.1, 0.15) is 25.5 Å². The Morgan fingerprint density at radius 3 is 2.36 bits per heavy atom. The number of benzene rings is 3. The molecule has 36 heavy (non-hydrogen) atoms. The van der Waals surface area contributed by atoms with Crippen LogP contribution in [0.25, 0.3) is 0 Å². The Kier molecular flexibility index (Phi) is 6.59. The molecule has 0 unspecified atom stereocenters. The maximum absolute atomic E-state index is 13.9. The van der Waals surface area contributed by atoms with E-state index in [-0.39, 0.29) is 17.4 Å². The number of halogens is 1. The fourth-order valence-electron chi connectivity index (χ4n) is 4.72. The normalized spacial score (nSPS) is 21.1. The molecule has 0 radical (unpaired) electrons. The van der Waals surface area contributed by atoms with Gasteiger partial charge in [0.05, 0.1) is 35.1 Å². The first-order valence-corrected chi connectivity index (χ1v) is 12.5. The number of rotatable bonds is 7. The van der Waals surface area contributed by atoms with E-state index in [0.717, 1.165) is 0 Å². The van der Waals surface area contributed by atoms with Gasteiger partial charge in [-0.3, -0.25) is 14.4 Å². The van der Waals surface area contributed by atoms with Crippen molar-refractivity contribution in [1.82, 2.24) is 0 Å². The molecule has 0 aliphatic carbocycles. The first-order valence-electron chi connectivity index (χ1n) is 11.7. The van der Waals surface area contributed by atoms with Gasteiger partial charge in [0.2, 0.25) is 5.91 Å². The van der Waals surface area contributed by atoms with Gasteiger partial charge in [0.1, 0.15) is 11.7 Å². The van der Waals surface area contributed by atoms with Crippen molar-refractivity contribution in [1.29, 1.82) is 0 Å². The van der Waals surface area contributed by atoms with Gasteiger partial charge in [0.25, 0.3) is 5.91 Å². The number of phenols is 1. The average Bonchev–Trinajstić information content (AvgIpc) is 3.39. The Balaban J connectivity index is 1.60. The van der Waals surface area contributed by atoms with Crippen LogP contribution >= 0.6 is 15.9 Å². The van der Waals surface area contributed by atoms with Gasteiger partial charge in [0, 0.05) is 6.07 Å². The number of hydrogen-bond donors (Lipinski definition) is 1. The molecule has 0 saturated carbocycles. The SMILES string of the molecule is CCOc1cccc(N2C(=O)[C@H]3[C@@H](c4cc(Br)c(O)c(OCC)c4)N(c4ccccc4)O[C@H]3C2=O)c1. The van der Waals surface area contributed by atoms with E-state index in [1.165, 1.54) is 4.90 Å². The lowest BCUT2D eigenvalue weighted by molar-refractivity contribution is -0.126. The number of fused-ring (bicyclic) bond motifs is 1. The average molecular weight is 553 g/mol. The summed E-state index contributed by atoms with van der Waals surface area (Å²) < 4.78 is 11.6.